The van der Waals surface area contributed by atoms with Gasteiger partial charge >= 0.3 is 0 Å². The van der Waals surface area contributed by atoms with Gasteiger partial charge in [0.15, 0.2) is 5.16 Å². The molecule has 0 saturated heterocycles. The van der Waals surface area contributed by atoms with Gasteiger partial charge in [0.05, 0.1) is 30.9 Å². The zero-order chi connectivity index (χ0) is 21.2. The van der Waals surface area contributed by atoms with Crippen molar-refractivity contribution in [2.45, 2.75) is 42.8 Å². The Balaban J connectivity index is 2.13. The van der Waals surface area contributed by atoms with Crippen molar-refractivity contribution < 1.29 is 14.3 Å². The maximum Gasteiger partial charge on any atom is 0.251 e. The minimum atomic E-state index is -0.424. The van der Waals surface area contributed by atoms with Gasteiger partial charge in [-0.3, -0.25) is 9.59 Å². The first-order valence-electron chi connectivity index (χ1n) is 9.38. The highest BCUT2D eigenvalue weighted by Gasteiger charge is 2.21. The average molecular weight is 438 g/mol. The summed E-state index contributed by atoms with van der Waals surface area (Å²) in [4.78, 5) is 32.1. The van der Waals surface area contributed by atoms with Crippen LogP contribution in [0.3, 0.4) is 0 Å². The fourth-order valence-electron chi connectivity index (χ4n) is 2.52. The number of aromatic amines is 1. The van der Waals surface area contributed by atoms with Gasteiger partial charge < -0.3 is 19.8 Å². The van der Waals surface area contributed by atoms with E-state index in [-0.39, 0.29) is 11.5 Å². The summed E-state index contributed by atoms with van der Waals surface area (Å²) in [5, 5.41) is 2.91. The van der Waals surface area contributed by atoms with Crippen LogP contribution in [0.15, 0.2) is 34.2 Å². The summed E-state index contributed by atoms with van der Waals surface area (Å²) in [6, 6.07) is 6.71. The summed E-state index contributed by atoms with van der Waals surface area (Å²) in [7, 11) is 3.10. The third kappa shape index (κ3) is 7.01. The fourth-order valence-corrected chi connectivity index (χ4v) is 4.24. The molecule has 1 aromatic carbocycles. The zero-order valence-electron chi connectivity index (χ0n) is 17.1. The number of H-pyrrole nitrogens is 1. The summed E-state index contributed by atoms with van der Waals surface area (Å²) in [5.74, 6) is 2.65. The lowest BCUT2D eigenvalue weighted by Crippen LogP contribution is -2.25. The minimum absolute atomic E-state index is 0.197. The van der Waals surface area contributed by atoms with Gasteiger partial charge in [-0.2, -0.15) is 11.8 Å². The Morgan fingerprint density at radius 2 is 2.03 bits per heavy atom. The lowest BCUT2D eigenvalue weighted by Gasteiger charge is -2.16. The summed E-state index contributed by atoms with van der Waals surface area (Å²) < 4.78 is 10.5. The Morgan fingerprint density at radius 3 is 2.69 bits per heavy atom. The normalized spacial score (nSPS) is 11.7. The SMILES string of the molecule is CCCSCc1cc(=O)[nH]c(SC(CC)C(=O)Nc2cc(OC)ccc2OC)n1. The van der Waals surface area contributed by atoms with E-state index >= 15 is 0 Å². The van der Waals surface area contributed by atoms with Crippen molar-refractivity contribution in [3.63, 3.8) is 0 Å². The van der Waals surface area contributed by atoms with E-state index in [0.717, 1.165) is 17.9 Å². The van der Waals surface area contributed by atoms with E-state index in [0.29, 0.717) is 34.5 Å². The molecule has 2 aromatic rings. The topological polar surface area (TPSA) is 93.3 Å². The third-order valence-corrected chi connectivity index (χ3v) is 6.40. The predicted octanol–water partition coefficient (Wildman–Crippen LogP) is 3.94. The molecule has 1 atom stereocenters. The Bertz CT molecular complexity index is 873. The van der Waals surface area contributed by atoms with E-state index in [1.54, 1.807) is 44.2 Å². The molecule has 1 amide bonds. The van der Waals surface area contributed by atoms with Crippen molar-refractivity contribution >= 4 is 35.1 Å². The lowest BCUT2D eigenvalue weighted by atomic mass is 10.2. The van der Waals surface area contributed by atoms with Crippen molar-refractivity contribution in [2.24, 2.45) is 0 Å². The van der Waals surface area contributed by atoms with Gasteiger partial charge in [0.2, 0.25) is 5.91 Å². The number of carbonyl (C=O) groups excluding carboxylic acids is 1. The molecule has 158 valence electrons. The van der Waals surface area contributed by atoms with Gasteiger partial charge in [-0.25, -0.2) is 4.98 Å². The van der Waals surface area contributed by atoms with Crippen molar-refractivity contribution in [1.82, 2.24) is 9.97 Å². The molecule has 0 fully saturated rings. The monoisotopic (exact) mass is 437 g/mol. The average Bonchev–Trinajstić information content (AvgIpc) is 2.71. The Morgan fingerprint density at radius 1 is 1.24 bits per heavy atom. The molecular weight excluding hydrogens is 410 g/mol. The highest BCUT2D eigenvalue weighted by molar-refractivity contribution is 8.00. The number of rotatable bonds is 11. The van der Waals surface area contributed by atoms with E-state index < -0.39 is 5.25 Å². The maximum absolute atomic E-state index is 12.8. The second kappa shape index (κ2) is 11.8. The number of hydrogen-bond acceptors (Lipinski definition) is 7. The van der Waals surface area contributed by atoms with Gasteiger partial charge in [-0.1, -0.05) is 25.6 Å². The number of amides is 1. The highest BCUT2D eigenvalue weighted by atomic mass is 32.2. The second-order valence-electron chi connectivity index (χ2n) is 6.16. The first-order valence-corrected chi connectivity index (χ1v) is 11.4. The van der Waals surface area contributed by atoms with Crippen LogP contribution in [0.5, 0.6) is 11.5 Å². The van der Waals surface area contributed by atoms with Crippen LogP contribution in [0.4, 0.5) is 5.69 Å². The van der Waals surface area contributed by atoms with Crippen LogP contribution in [-0.4, -0.2) is 41.1 Å². The number of ether oxygens (including phenoxy) is 2. The van der Waals surface area contributed by atoms with Crippen molar-refractivity contribution in [1.29, 1.82) is 0 Å². The quantitative estimate of drug-likeness (QED) is 0.312. The number of aromatic nitrogens is 2. The number of nitrogens with zero attached hydrogens (tertiary/aromatic N) is 1. The number of thioether (sulfide) groups is 2. The van der Waals surface area contributed by atoms with E-state index in [1.807, 2.05) is 6.92 Å². The second-order valence-corrected chi connectivity index (χ2v) is 8.46. The van der Waals surface area contributed by atoms with Gasteiger partial charge in [0.25, 0.3) is 5.56 Å². The van der Waals surface area contributed by atoms with Gasteiger partial charge in [-0.15, -0.1) is 0 Å². The molecule has 0 bridgehead atoms. The summed E-state index contributed by atoms with van der Waals surface area (Å²) in [5.41, 5.74) is 1.04. The molecule has 0 spiro atoms. The largest absolute Gasteiger partial charge is 0.497 e. The molecule has 0 saturated carbocycles. The lowest BCUT2D eigenvalue weighted by molar-refractivity contribution is -0.115. The van der Waals surface area contributed by atoms with Gasteiger partial charge in [0, 0.05) is 17.9 Å². The Hall–Kier alpha value is -2.13. The molecule has 2 N–H and O–H groups in total. The number of carbonyl (C=O) groups is 1. The molecule has 0 aliphatic carbocycles. The van der Waals surface area contributed by atoms with Gasteiger partial charge in [-0.05, 0) is 30.7 Å². The third-order valence-electron chi connectivity index (χ3n) is 3.95. The van der Waals surface area contributed by atoms with Crippen molar-refractivity contribution in [3.8, 4) is 11.5 Å². The maximum atomic E-state index is 12.8. The standard InChI is InChI=1S/C20H27N3O4S2/c1-5-9-28-12-13-10-18(24)23-20(21-13)29-17(6-2)19(25)22-15-11-14(26-3)7-8-16(15)27-4/h7-8,10-11,17H,5-6,9,12H2,1-4H3,(H,22,25)(H,21,23,24). The number of hydrogen-bond donors (Lipinski definition) is 2. The van der Waals surface area contributed by atoms with Crippen LogP contribution in [0, 0.1) is 0 Å². The van der Waals surface area contributed by atoms with E-state index in [1.165, 1.54) is 17.8 Å². The summed E-state index contributed by atoms with van der Waals surface area (Å²) in [6.07, 6.45) is 1.64. The number of nitrogens with one attached hydrogen (secondary N) is 2. The van der Waals surface area contributed by atoms with E-state index in [2.05, 4.69) is 22.2 Å². The predicted molar refractivity (Wildman–Crippen MR) is 119 cm³/mol. The molecule has 1 aromatic heterocycles. The first-order chi connectivity index (χ1) is 14.0. The summed E-state index contributed by atoms with van der Waals surface area (Å²) >= 11 is 2.98. The van der Waals surface area contributed by atoms with Crippen molar-refractivity contribution in [3.05, 3.63) is 40.3 Å². The fraction of sp³-hybridized carbons (Fsp3) is 0.450. The van der Waals surface area contributed by atoms with Crippen molar-refractivity contribution in [2.75, 3.05) is 25.3 Å². The summed E-state index contributed by atoms with van der Waals surface area (Å²) in [6.45, 7) is 4.03. The number of anilines is 1. The van der Waals surface area contributed by atoms with Crippen LogP contribution in [0.2, 0.25) is 0 Å². The van der Waals surface area contributed by atoms with Crippen LogP contribution < -0.4 is 20.3 Å². The smallest absolute Gasteiger partial charge is 0.251 e. The van der Waals surface area contributed by atoms with Gasteiger partial charge in [0.1, 0.15) is 11.5 Å². The van der Waals surface area contributed by atoms with E-state index in [9.17, 15) is 9.59 Å². The van der Waals surface area contributed by atoms with Crippen LogP contribution in [0.25, 0.3) is 0 Å². The van der Waals surface area contributed by atoms with E-state index in [4.69, 9.17) is 9.47 Å². The Kier molecular flexibility index (Phi) is 9.40. The number of methoxy groups -OCH3 is 2. The molecule has 7 nitrogen and oxygen atoms in total. The zero-order valence-corrected chi connectivity index (χ0v) is 18.7. The molecule has 0 radical (unpaired) electrons. The van der Waals surface area contributed by atoms with Crippen LogP contribution in [0.1, 0.15) is 32.4 Å². The highest BCUT2D eigenvalue weighted by Crippen LogP contribution is 2.30. The first kappa shape index (κ1) is 23.2. The van der Waals surface area contributed by atoms with Crippen LogP contribution >= 0.6 is 23.5 Å². The van der Waals surface area contributed by atoms with Crippen LogP contribution in [-0.2, 0) is 10.5 Å². The number of benzene rings is 1. The molecular formula is C20H27N3O4S2. The molecule has 1 unspecified atom stereocenters. The molecule has 0 aliphatic rings. The Labute approximate surface area is 179 Å². The molecule has 9 heteroatoms. The molecule has 0 aliphatic heterocycles. The molecule has 29 heavy (non-hydrogen) atoms. The molecule has 2 rings (SSSR count). The minimum Gasteiger partial charge on any atom is -0.497 e. The molecule has 1 heterocycles.